The Hall–Kier alpha value is -2.70. The van der Waals surface area contributed by atoms with Gasteiger partial charge < -0.3 is 9.52 Å². The molecule has 120 valence electrons. The van der Waals surface area contributed by atoms with E-state index in [0.29, 0.717) is 40.8 Å². The SMILES string of the molecule is Cc1c([C@@H](C)CCn2ncnn2)oc2c(C)c(O)ccc2c1=O. The van der Waals surface area contributed by atoms with Gasteiger partial charge in [0.05, 0.1) is 11.9 Å². The molecule has 2 heterocycles. The lowest BCUT2D eigenvalue weighted by molar-refractivity contribution is 0.420. The highest BCUT2D eigenvalue weighted by molar-refractivity contribution is 5.82. The van der Waals surface area contributed by atoms with Crippen LogP contribution in [-0.4, -0.2) is 25.3 Å². The number of hydrogen-bond acceptors (Lipinski definition) is 6. The zero-order valence-electron chi connectivity index (χ0n) is 13.3. The molecular formula is C16H18N4O3. The molecule has 3 rings (SSSR count). The van der Waals surface area contributed by atoms with Gasteiger partial charge in [-0.25, -0.2) is 0 Å². The molecule has 0 aliphatic rings. The van der Waals surface area contributed by atoms with Gasteiger partial charge in [-0.1, -0.05) is 6.92 Å². The predicted octanol–water partition coefficient (Wildman–Crippen LogP) is 2.30. The number of phenolic OH excluding ortho intramolecular Hbond substituents is 1. The molecule has 7 nitrogen and oxygen atoms in total. The van der Waals surface area contributed by atoms with E-state index in [0.717, 1.165) is 0 Å². The van der Waals surface area contributed by atoms with Crippen molar-refractivity contribution in [2.24, 2.45) is 0 Å². The Morgan fingerprint density at radius 2 is 2.09 bits per heavy atom. The number of aromatic nitrogens is 4. The smallest absolute Gasteiger partial charge is 0.195 e. The molecule has 3 aromatic rings. The second kappa shape index (κ2) is 5.83. The van der Waals surface area contributed by atoms with Crippen LogP contribution in [0.5, 0.6) is 5.75 Å². The fourth-order valence-electron chi connectivity index (χ4n) is 2.69. The molecule has 0 unspecified atom stereocenters. The largest absolute Gasteiger partial charge is 0.508 e. The molecule has 0 spiro atoms. The molecule has 1 atom stereocenters. The van der Waals surface area contributed by atoms with Gasteiger partial charge in [0.15, 0.2) is 11.8 Å². The average Bonchev–Trinajstić information content (AvgIpc) is 3.05. The highest BCUT2D eigenvalue weighted by Gasteiger charge is 2.18. The van der Waals surface area contributed by atoms with Crippen molar-refractivity contribution in [2.45, 2.75) is 39.7 Å². The van der Waals surface area contributed by atoms with Crippen LogP contribution < -0.4 is 5.43 Å². The second-order valence-electron chi connectivity index (χ2n) is 5.73. The maximum atomic E-state index is 12.6. The van der Waals surface area contributed by atoms with E-state index in [1.54, 1.807) is 19.9 Å². The van der Waals surface area contributed by atoms with Crippen molar-refractivity contribution in [3.05, 3.63) is 45.6 Å². The molecule has 0 bridgehead atoms. The number of tetrazole rings is 1. The van der Waals surface area contributed by atoms with Crippen LogP contribution >= 0.6 is 0 Å². The zero-order chi connectivity index (χ0) is 16.6. The monoisotopic (exact) mass is 314 g/mol. The Labute approximate surface area is 132 Å². The number of fused-ring (bicyclic) bond motifs is 1. The minimum absolute atomic E-state index is 0.0137. The van der Waals surface area contributed by atoms with E-state index in [-0.39, 0.29) is 17.1 Å². The van der Waals surface area contributed by atoms with Gasteiger partial charge >= 0.3 is 0 Å². The number of hydrogen-bond donors (Lipinski definition) is 1. The summed E-state index contributed by atoms with van der Waals surface area (Å²) < 4.78 is 5.99. The topological polar surface area (TPSA) is 94.0 Å². The van der Waals surface area contributed by atoms with Crippen molar-refractivity contribution in [3.63, 3.8) is 0 Å². The van der Waals surface area contributed by atoms with Crippen LogP contribution in [0.15, 0.2) is 27.7 Å². The highest BCUT2D eigenvalue weighted by Crippen LogP contribution is 2.30. The van der Waals surface area contributed by atoms with E-state index in [9.17, 15) is 9.90 Å². The first-order chi connectivity index (χ1) is 11.0. The molecule has 0 saturated carbocycles. The van der Waals surface area contributed by atoms with Crippen LogP contribution in [0.3, 0.4) is 0 Å². The number of benzene rings is 1. The standard InChI is InChI=1S/C16H18N4O3/c1-9(6-7-20-18-8-17-19-20)15-11(3)14(22)12-4-5-13(21)10(2)16(12)23-15/h4-5,8-9,21H,6-7H2,1-3H3/t9-/m0/s1. The number of nitrogens with zero attached hydrogens (tertiary/aromatic N) is 4. The lowest BCUT2D eigenvalue weighted by atomic mass is 9.98. The fourth-order valence-corrected chi connectivity index (χ4v) is 2.69. The molecule has 0 amide bonds. The van der Waals surface area contributed by atoms with Crippen molar-refractivity contribution in [2.75, 3.05) is 0 Å². The maximum Gasteiger partial charge on any atom is 0.195 e. The van der Waals surface area contributed by atoms with E-state index >= 15 is 0 Å². The van der Waals surface area contributed by atoms with Crippen LogP contribution in [-0.2, 0) is 6.54 Å². The summed E-state index contributed by atoms with van der Waals surface area (Å²) in [6.45, 7) is 6.09. The van der Waals surface area contributed by atoms with Gasteiger partial charge in [-0.2, -0.15) is 4.80 Å². The Morgan fingerprint density at radius 3 is 2.78 bits per heavy atom. The molecular weight excluding hydrogens is 296 g/mol. The molecule has 7 heteroatoms. The first-order valence-corrected chi connectivity index (χ1v) is 7.45. The Morgan fingerprint density at radius 1 is 1.30 bits per heavy atom. The van der Waals surface area contributed by atoms with Crippen LogP contribution in [0.2, 0.25) is 0 Å². The first kappa shape index (κ1) is 15.2. The predicted molar refractivity (Wildman–Crippen MR) is 84.5 cm³/mol. The van der Waals surface area contributed by atoms with Crippen LogP contribution in [0.25, 0.3) is 11.0 Å². The zero-order valence-corrected chi connectivity index (χ0v) is 13.3. The van der Waals surface area contributed by atoms with E-state index in [1.165, 1.54) is 17.2 Å². The molecule has 0 fully saturated rings. The van der Waals surface area contributed by atoms with Gasteiger partial charge in [0.2, 0.25) is 0 Å². The minimum Gasteiger partial charge on any atom is -0.508 e. The highest BCUT2D eigenvalue weighted by atomic mass is 16.3. The summed E-state index contributed by atoms with van der Waals surface area (Å²) in [5.41, 5.74) is 1.56. The third-order valence-corrected chi connectivity index (χ3v) is 4.15. The van der Waals surface area contributed by atoms with E-state index in [4.69, 9.17) is 4.42 Å². The molecule has 0 saturated heterocycles. The summed E-state index contributed by atoms with van der Waals surface area (Å²) in [6.07, 6.45) is 2.10. The van der Waals surface area contributed by atoms with Crippen molar-refractivity contribution in [1.29, 1.82) is 0 Å². The van der Waals surface area contributed by atoms with Crippen LogP contribution in [0.4, 0.5) is 0 Å². The lowest BCUT2D eigenvalue weighted by Crippen LogP contribution is -2.13. The first-order valence-electron chi connectivity index (χ1n) is 7.45. The molecule has 1 N–H and O–H groups in total. The molecule has 2 aromatic heterocycles. The quantitative estimate of drug-likeness (QED) is 0.794. The van der Waals surface area contributed by atoms with E-state index in [2.05, 4.69) is 15.4 Å². The van der Waals surface area contributed by atoms with Gasteiger partial charge in [0, 0.05) is 17.0 Å². The number of aryl methyl sites for hydroxylation is 2. The summed E-state index contributed by atoms with van der Waals surface area (Å²) >= 11 is 0. The molecule has 0 aliphatic carbocycles. The summed E-state index contributed by atoms with van der Waals surface area (Å²) in [7, 11) is 0. The lowest BCUT2D eigenvalue weighted by Gasteiger charge is -2.14. The molecule has 0 aliphatic heterocycles. The summed E-state index contributed by atoms with van der Waals surface area (Å²) in [6, 6.07) is 3.12. The van der Waals surface area contributed by atoms with Crippen molar-refractivity contribution >= 4 is 11.0 Å². The third kappa shape index (κ3) is 2.69. The number of rotatable bonds is 4. The number of phenols is 1. The second-order valence-corrected chi connectivity index (χ2v) is 5.73. The average molecular weight is 314 g/mol. The molecule has 1 aromatic carbocycles. The summed E-state index contributed by atoms with van der Waals surface area (Å²) in [5, 5.41) is 21.8. The number of aromatic hydroxyl groups is 1. The van der Waals surface area contributed by atoms with Crippen LogP contribution in [0, 0.1) is 13.8 Å². The Balaban J connectivity index is 2.01. The third-order valence-electron chi connectivity index (χ3n) is 4.15. The van der Waals surface area contributed by atoms with Crippen molar-refractivity contribution in [1.82, 2.24) is 20.2 Å². The molecule has 0 radical (unpaired) electrons. The Bertz CT molecular complexity index is 900. The summed E-state index contributed by atoms with van der Waals surface area (Å²) in [5.74, 6) is 0.770. The Kier molecular flexibility index (Phi) is 3.85. The van der Waals surface area contributed by atoms with Gasteiger partial charge in [-0.05, 0) is 37.6 Å². The van der Waals surface area contributed by atoms with E-state index < -0.39 is 0 Å². The van der Waals surface area contributed by atoms with Crippen molar-refractivity contribution < 1.29 is 9.52 Å². The molecule has 23 heavy (non-hydrogen) atoms. The van der Waals surface area contributed by atoms with Gasteiger partial charge in [-0.3, -0.25) is 4.79 Å². The van der Waals surface area contributed by atoms with E-state index in [1.807, 2.05) is 6.92 Å². The summed E-state index contributed by atoms with van der Waals surface area (Å²) in [4.78, 5) is 14.1. The fraction of sp³-hybridized carbons (Fsp3) is 0.375. The van der Waals surface area contributed by atoms with Crippen molar-refractivity contribution in [3.8, 4) is 5.75 Å². The maximum absolute atomic E-state index is 12.6. The van der Waals surface area contributed by atoms with Gasteiger partial charge in [-0.15, -0.1) is 10.2 Å². The normalized spacial score (nSPS) is 12.7. The van der Waals surface area contributed by atoms with Crippen LogP contribution in [0.1, 0.15) is 36.1 Å². The van der Waals surface area contributed by atoms with Gasteiger partial charge in [0.1, 0.15) is 17.1 Å². The minimum atomic E-state index is -0.0601. The van der Waals surface area contributed by atoms with Gasteiger partial charge in [0.25, 0.3) is 0 Å².